The van der Waals surface area contributed by atoms with Crippen molar-refractivity contribution in [1.29, 1.82) is 0 Å². The van der Waals surface area contributed by atoms with E-state index in [0.29, 0.717) is 25.1 Å². The molecule has 3 amide bonds. The number of benzene rings is 2. The lowest BCUT2D eigenvalue weighted by molar-refractivity contribution is -0.120. The van der Waals surface area contributed by atoms with Gasteiger partial charge in [-0.2, -0.15) is 0 Å². The summed E-state index contributed by atoms with van der Waals surface area (Å²) in [5, 5.41) is 8.82. The predicted molar refractivity (Wildman–Crippen MR) is 118 cm³/mol. The van der Waals surface area contributed by atoms with Gasteiger partial charge in [-0.05, 0) is 65.6 Å². The van der Waals surface area contributed by atoms with Crippen LogP contribution in [-0.2, 0) is 16.1 Å². The summed E-state index contributed by atoms with van der Waals surface area (Å²) >= 11 is 1.66. The minimum Gasteiger partial charge on any atom is -0.352 e. The number of carbonyl (C=O) groups is 3. The van der Waals surface area contributed by atoms with E-state index < -0.39 is 6.04 Å². The molecule has 2 aromatic carbocycles. The highest BCUT2D eigenvalue weighted by molar-refractivity contribution is 7.17. The minimum absolute atomic E-state index is 0.0979. The van der Waals surface area contributed by atoms with Gasteiger partial charge in [0.2, 0.25) is 11.8 Å². The fraction of sp³-hybridized carbons (Fsp3) is 0.261. The van der Waals surface area contributed by atoms with Crippen molar-refractivity contribution >= 4 is 44.8 Å². The van der Waals surface area contributed by atoms with Crippen molar-refractivity contribution in [3.8, 4) is 0 Å². The second-order valence-corrected chi connectivity index (χ2v) is 8.37. The molecule has 154 valence electrons. The average Bonchev–Trinajstić information content (AvgIpc) is 3.41. The number of rotatable bonds is 5. The summed E-state index contributed by atoms with van der Waals surface area (Å²) in [5.74, 6) is -0.399. The zero-order valence-corrected chi connectivity index (χ0v) is 17.5. The van der Waals surface area contributed by atoms with E-state index in [-0.39, 0.29) is 17.7 Å². The van der Waals surface area contributed by atoms with Crippen molar-refractivity contribution in [1.82, 2.24) is 10.2 Å². The lowest BCUT2D eigenvalue weighted by atomic mass is 10.1. The number of fused-ring (bicyclic) bond motifs is 1. The smallest absolute Gasteiger partial charge is 0.254 e. The van der Waals surface area contributed by atoms with Crippen molar-refractivity contribution in [3.63, 3.8) is 0 Å². The van der Waals surface area contributed by atoms with E-state index in [1.54, 1.807) is 28.4 Å². The molecule has 1 fully saturated rings. The molecular formula is C23H23N3O3S. The maximum absolute atomic E-state index is 13.0. The van der Waals surface area contributed by atoms with E-state index in [9.17, 15) is 14.4 Å². The molecule has 1 atom stereocenters. The van der Waals surface area contributed by atoms with Gasteiger partial charge in [0.25, 0.3) is 5.91 Å². The van der Waals surface area contributed by atoms with Crippen LogP contribution in [0, 0.1) is 0 Å². The van der Waals surface area contributed by atoms with Gasteiger partial charge in [0.1, 0.15) is 6.04 Å². The first-order chi connectivity index (χ1) is 14.5. The van der Waals surface area contributed by atoms with Crippen LogP contribution >= 0.6 is 11.3 Å². The molecule has 30 heavy (non-hydrogen) atoms. The summed E-state index contributed by atoms with van der Waals surface area (Å²) in [7, 11) is 0. The van der Waals surface area contributed by atoms with E-state index in [1.807, 2.05) is 41.8 Å². The van der Waals surface area contributed by atoms with E-state index in [1.165, 1.54) is 11.6 Å². The Morgan fingerprint density at radius 3 is 2.67 bits per heavy atom. The first-order valence-corrected chi connectivity index (χ1v) is 10.8. The molecule has 1 aliphatic heterocycles. The molecule has 2 heterocycles. The molecule has 0 spiro atoms. The Labute approximate surface area is 178 Å². The summed E-state index contributed by atoms with van der Waals surface area (Å²) in [6.45, 7) is 2.45. The van der Waals surface area contributed by atoms with Crippen LogP contribution < -0.4 is 10.6 Å². The maximum atomic E-state index is 13.0. The largest absolute Gasteiger partial charge is 0.352 e. The number of hydrogen-bond donors (Lipinski definition) is 2. The molecule has 1 unspecified atom stereocenters. The fourth-order valence-corrected chi connectivity index (χ4v) is 4.48. The first-order valence-electron chi connectivity index (χ1n) is 9.94. The summed E-state index contributed by atoms with van der Waals surface area (Å²) < 4.78 is 1.17. The number of thiophene rings is 1. The highest BCUT2D eigenvalue weighted by atomic mass is 32.1. The van der Waals surface area contributed by atoms with Crippen LogP contribution in [0.15, 0.2) is 53.9 Å². The molecule has 7 heteroatoms. The van der Waals surface area contributed by atoms with Gasteiger partial charge in [-0.3, -0.25) is 14.4 Å². The monoisotopic (exact) mass is 421 g/mol. The average molecular weight is 422 g/mol. The first kappa shape index (κ1) is 20.1. The quantitative estimate of drug-likeness (QED) is 0.658. The number of amides is 3. The minimum atomic E-state index is -0.477. The normalized spacial score (nSPS) is 15.9. The van der Waals surface area contributed by atoms with Gasteiger partial charge in [0, 0.05) is 36.0 Å². The summed E-state index contributed by atoms with van der Waals surface area (Å²) in [6, 6.07) is 14.5. The topological polar surface area (TPSA) is 78.5 Å². The third-order valence-electron chi connectivity index (χ3n) is 5.28. The highest BCUT2D eigenvalue weighted by Gasteiger charge is 2.34. The second-order valence-electron chi connectivity index (χ2n) is 7.43. The molecule has 2 N–H and O–H groups in total. The Kier molecular flexibility index (Phi) is 5.81. The van der Waals surface area contributed by atoms with Crippen molar-refractivity contribution < 1.29 is 14.4 Å². The Morgan fingerprint density at radius 2 is 1.90 bits per heavy atom. The Hall–Kier alpha value is -3.19. The number of likely N-dealkylation sites (tertiary alicyclic amines) is 1. The molecule has 0 aliphatic carbocycles. The predicted octanol–water partition coefficient (Wildman–Crippen LogP) is 3.78. The van der Waals surface area contributed by atoms with Gasteiger partial charge in [0.05, 0.1) is 0 Å². The molecule has 0 saturated carbocycles. The van der Waals surface area contributed by atoms with Crippen LogP contribution in [0.4, 0.5) is 5.69 Å². The summed E-state index contributed by atoms with van der Waals surface area (Å²) in [4.78, 5) is 38.6. The van der Waals surface area contributed by atoms with Gasteiger partial charge in [0.15, 0.2) is 0 Å². The van der Waals surface area contributed by atoms with Gasteiger partial charge >= 0.3 is 0 Å². The lowest BCUT2D eigenvalue weighted by Gasteiger charge is -2.24. The molecule has 4 rings (SSSR count). The molecule has 0 bridgehead atoms. The maximum Gasteiger partial charge on any atom is 0.254 e. The number of nitrogens with zero attached hydrogens (tertiary/aromatic N) is 1. The number of anilines is 1. The molecule has 3 aromatic rings. The van der Waals surface area contributed by atoms with Gasteiger partial charge < -0.3 is 15.5 Å². The second kappa shape index (κ2) is 8.67. The van der Waals surface area contributed by atoms with Crippen LogP contribution in [0.25, 0.3) is 10.1 Å². The zero-order chi connectivity index (χ0) is 21.1. The van der Waals surface area contributed by atoms with Gasteiger partial charge in [-0.15, -0.1) is 11.3 Å². The number of carbonyl (C=O) groups excluding carboxylic acids is 3. The van der Waals surface area contributed by atoms with Gasteiger partial charge in [-0.1, -0.05) is 12.1 Å². The highest BCUT2D eigenvalue weighted by Crippen LogP contribution is 2.26. The van der Waals surface area contributed by atoms with E-state index >= 15 is 0 Å². The van der Waals surface area contributed by atoms with Crippen LogP contribution in [0.3, 0.4) is 0 Å². The number of nitrogens with one attached hydrogen (secondary N) is 2. The van der Waals surface area contributed by atoms with Crippen LogP contribution in [0.1, 0.15) is 35.7 Å². The van der Waals surface area contributed by atoms with E-state index in [2.05, 4.69) is 10.6 Å². The molecule has 1 saturated heterocycles. The fourth-order valence-electron chi connectivity index (χ4n) is 3.71. The Balaban J connectivity index is 1.43. The summed E-state index contributed by atoms with van der Waals surface area (Å²) in [5.41, 5.74) is 2.20. The summed E-state index contributed by atoms with van der Waals surface area (Å²) in [6.07, 6.45) is 1.45. The van der Waals surface area contributed by atoms with E-state index in [0.717, 1.165) is 23.1 Å². The molecule has 1 aliphatic rings. The third kappa shape index (κ3) is 4.36. The van der Waals surface area contributed by atoms with Crippen molar-refractivity contribution in [2.45, 2.75) is 32.4 Å². The van der Waals surface area contributed by atoms with Crippen molar-refractivity contribution in [3.05, 3.63) is 65.0 Å². The lowest BCUT2D eigenvalue weighted by Crippen LogP contribution is -2.43. The van der Waals surface area contributed by atoms with Gasteiger partial charge in [-0.25, -0.2) is 0 Å². The van der Waals surface area contributed by atoms with Crippen LogP contribution in [-0.4, -0.2) is 35.2 Å². The van der Waals surface area contributed by atoms with Crippen LogP contribution in [0.5, 0.6) is 0 Å². The van der Waals surface area contributed by atoms with Crippen molar-refractivity contribution in [2.24, 2.45) is 0 Å². The Bertz CT molecular complexity index is 1090. The SMILES string of the molecule is CC(=O)NCc1ccc(C(=O)N2CCCC2C(=O)Nc2ccc3sccc3c2)cc1. The molecule has 6 nitrogen and oxygen atoms in total. The zero-order valence-electron chi connectivity index (χ0n) is 16.7. The molecule has 0 radical (unpaired) electrons. The Morgan fingerprint density at radius 1 is 1.10 bits per heavy atom. The van der Waals surface area contributed by atoms with Crippen LogP contribution in [0.2, 0.25) is 0 Å². The molecular weight excluding hydrogens is 398 g/mol. The molecule has 1 aromatic heterocycles. The van der Waals surface area contributed by atoms with Crippen molar-refractivity contribution in [2.75, 3.05) is 11.9 Å². The van der Waals surface area contributed by atoms with E-state index in [4.69, 9.17) is 0 Å². The standard InChI is InChI=1S/C23H23N3O3S/c1-15(27)24-14-16-4-6-17(7-5-16)23(29)26-11-2-3-20(26)22(28)25-19-8-9-21-18(13-19)10-12-30-21/h4-10,12-13,20H,2-3,11,14H2,1H3,(H,24,27)(H,25,28). The third-order valence-corrected chi connectivity index (χ3v) is 6.18. The number of hydrogen-bond acceptors (Lipinski definition) is 4.